The average Bonchev–Trinajstić information content (AvgIpc) is 4.36. The molecule has 2 fully saturated rings. The van der Waals surface area contributed by atoms with Gasteiger partial charge in [0.15, 0.2) is 0 Å². The Morgan fingerprint density at radius 2 is 0.987 bits per heavy atom. The fourth-order valence-electron chi connectivity index (χ4n) is 11.6. The van der Waals surface area contributed by atoms with Crippen LogP contribution in [-0.4, -0.2) is 19.6 Å². The first kappa shape index (κ1) is 45.3. The molecule has 2 heterocycles. The van der Waals surface area contributed by atoms with Gasteiger partial charge in [-0.05, 0) is 111 Å². The maximum absolute atomic E-state index is 12.9. The van der Waals surface area contributed by atoms with E-state index in [1.54, 1.807) is 0 Å². The van der Waals surface area contributed by atoms with Crippen LogP contribution in [0.2, 0.25) is 0 Å². The number of hydrogen-bond donors (Lipinski definition) is 1. The minimum Gasteiger partial charge on any atom is -0.507 e. The van der Waals surface area contributed by atoms with Gasteiger partial charge in [0.25, 0.3) is 0 Å². The molecule has 0 amide bonds. The van der Waals surface area contributed by atoms with Crippen LogP contribution in [0.15, 0.2) is 225 Å². The number of phenolic OH excluding ortho intramolecular Hbond substituents is 1. The summed E-state index contributed by atoms with van der Waals surface area (Å²) in [6.45, 7) is 0. The van der Waals surface area contributed by atoms with E-state index < -0.39 is 12.7 Å². The molecule has 2 aliphatic carbocycles. The first-order chi connectivity index (χ1) is 39.1. The zero-order chi connectivity index (χ0) is 54.4. The van der Waals surface area contributed by atoms with E-state index in [4.69, 9.17) is 12.7 Å². The summed E-state index contributed by atoms with van der Waals surface area (Å²) < 4.78 is 39.4. The smallest absolute Gasteiger partial charge is 0.148 e. The Morgan fingerprint density at radius 1 is 0.455 bits per heavy atom. The predicted molar refractivity (Wildman–Crippen MR) is 314 cm³/mol. The van der Waals surface area contributed by atoms with E-state index in [0.29, 0.717) is 28.0 Å². The molecule has 5 heteroatoms. The van der Waals surface area contributed by atoms with Crippen molar-refractivity contribution >= 4 is 11.0 Å². The van der Waals surface area contributed by atoms with Crippen molar-refractivity contribution in [1.82, 2.24) is 14.5 Å². The molecule has 0 bridgehead atoms. The number of benzene rings is 9. The number of imidazole rings is 1. The summed E-state index contributed by atoms with van der Waals surface area (Å²) in [5.74, 6) is 0.588. The topological polar surface area (TPSA) is 50.9 Å². The van der Waals surface area contributed by atoms with E-state index in [9.17, 15) is 7.85 Å². The third-order valence-electron chi connectivity index (χ3n) is 15.5. The van der Waals surface area contributed by atoms with Crippen LogP contribution in [0.4, 0.5) is 0 Å². The van der Waals surface area contributed by atoms with Crippen molar-refractivity contribution in [3.63, 3.8) is 0 Å². The van der Waals surface area contributed by atoms with Gasteiger partial charge in [-0.2, -0.15) is 0 Å². The first-order valence-electron chi connectivity index (χ1n) is 29.0. The summed E-state index contributed by atoms with van der Waals surface area (Å²) in [5, 5.41) is 12.9. The fourth-order valence-corrected chi connectivity index (χ4v) is 11.6. The van der Waals surface area contributed by atoms with Crippen molar-refractivity contribution in [2.24, 2.45) is 11.8 Å². The zero-order valence-electron chi connectivity index (χ0n) is 46.8. The Kier molecular flexibility index (Phi) is 13.2. The third kappa shape index (κ3) is 10.4. The molecule has 2 aromatic heterocycles. The SMILES string of the molecule is [2H]C([2H])(c1ccc(-c2ccnc(-c3[c-]c(-c4cccc5c4nc(-c4cc(-c6ccccc6)cc(-c6ccccc6)c4O)n5-c4ccc(C([2H])([2H])C5CCCC5)cc4-c4ccccc4)cc(-c4ccccc4)c3)c2)cc1)C1CCCC1.[Pt]. The van der Waals surface area contributed by atoms with Crippen LogP contribution in [0, 0.1) is 17.9 Å². The quantitative estimate of drug-likeness (QED) is 0.117. The Labute approximate surface area is 473 Å². The van der Waals surface area contributed by atoms with Crippen molar-refractivity contribution in [2.45, 2.75) is 64.1 Å². The van der Waals surface area contributed by atoms with Crippen LogP contribution < -0.4 is 0 Å². The van der Waals surface area contributed by atoms with Gasteiger partial charge in [0.2, 0.25) is 0 Å². The molecule has 1 N–H and O–H groups in total. The molecule has 13 rings (SSSR count). The molecule has 0 atom stereocenters. The predicted octanol–water partition coefficient (Wildman–Crippen LogP) is 18.7. The van der Waals surface area contributed by atoms with Crippen molar-refractivity contribution in [3.8, 4) is 101 Å². The first-order valence-corrected chi connectivity index (χ1v) is 27.0. The van der Waals surface area contributed by atoms with Crippen LogP contribution in [0.25, 0.3) is 106 Å². The Bertz CT molecular complexity index is 4030. The molecule has 77 heavy (non-hydrogen) atoms. The molecule has 11 aromatic rings. The van der Waals surface area contributed by atoms with Gasteiger partial charge in [0.05, 0.1) is 22.3 Å². The molecule has 0 radical (unpaired) electrons. The van der Waals surface area contributed by atoms with E-state index in [1.165, 1.54) is 0 Å². The summed E-state index contributed by atoms with van der Waals surface area (Å²) in [4.78, 5) is 10.7. The second-order valence-corrected chi connectivity index (χ2v) is 20.5. The monoisotopic (exact) mass is 1180 g/mol. The maximum atomic E-state index is 12.9. The third-order valence-corrected chi connectivity index (χ3v) is 15.5. The standard InChI is InChI=1S/C72H60N3O.Pt/c76-71-65(57-28-11-4-12-29-57)46-60(54-24-7-2-8-25-54)47-66(71)72-74-70-63(30-17-31-69(70)75(72)68-37-34-52(41-50-20-15-16-21-50)42-64(68)56-26-9-3-10-27-56)61-43-59(53-22-5-1-6-23-53)44-62(45-61)67-48-58(38-39-73-67)55-35-32-51(33-36-55)40-49-18-13-14-19-49;/h1-12,17,22-39,42-44,46-50,76H,13-16,18-21,40-41H2;/q-1;/i40D2,41D2;. The van der Waals surface area contributed by atoms with Gasteiger partial charge < -0.3 is 5.11 Å². The molecule has 2 aliphatic rings. The summed E-state index contributed by atoms with van der Waals surface area (Å²) in [6.07, 6.45) is 6.72. The number of aromatic hydroxyl groups is 1. The molecule has 0 spiro atoms. The van der Waals surface area contributed by atoms with Gasteiger partial charge in [-0.25, -0.2) is 4.98 Å². The number of rotatable bonds is 13. The van der Waals surface area contributed by atoms with Gasteiger partial charge in [-0.1, -0.05) is 238 Å². The van der Waals surface area contributed by atoms with Crippen LogP contribution in [0.1, 0.15) is 68.0 Å². The second-order valence-electron chi connectivity index (χ2n) is 20.5. The van der Waals surface area contributed by atoms with Gasteiger partial charge >= 0.3 is 0 Å². The maximum Gasteiger partial charge on any atom is 0.148 e. The van der Waals surface area contributed by atoms with E-state index in [0.717, 1.165) is 141 Å². The molecule has 0 unspecified atom stereocenters. The molecule has 0 saturated heterocycles. The van der Waals surface area contributed by atoms with Crippen LogP contribution in [-0.2, 0) is 33.8 Å². The minimum atomic E-state index is -1.54. The van der Waals surface area contributed by atoms with Crippen LogP contribution in [0.3, 0.4) is 0 Å². The minimum absolute atomic E-state index is 0. The Morgan fingerprint density at radius 3 is 1.62 bits per heavy atom. The molecule has 0 aliphatic heterocycles. The van der Waals surface area contributed by atoms with Gasteiger partial charge in [0.1, 0.15) is 11.6 Å². The summed E-state index contributed by atoms with van der Waals surface area (Å²) >= 11 is 0. The molecule has 380 valence electrons. The fraction of sp³-hybridized carbons (Fsp3) is 0.167. The van der Waals surface area contributed by atoms with Crippen molar-refractivity contribution in [1.29, 1.82) is 0 Å². The number of nitrogens with zero attached hydrogens (tertiary/aromatic N) is 3. The van der Waals surface area contributed by atoms with Crippen molar-refractivity contribution in [3.05, 3.63) is 242 Å². The number of hydrogen-bond acceptors (Lipinski definition) is 3. The van der Waals surface area contributed by atoms with Crippen LogP contribution in [0.5, 0.6) is 5.75 Å². The Hall–Kier alpha value is -7.91. The Balaban J connectivity index is 0.00000651. The van der Waals surface area contributed by atoms with E-state index in [1.807, 2.05) is 140 Å². The molecular weight excluding hydrogens is 1120 g/mol. The van der Waals surface area contributed by atoms with Gasteiger partial charge in [0, 0.05) is 49.6 Å². The number of pyridine rings is 1. The largest absolute Gasteiger partial charge is 0.507 e. The van der Waals surface area contributed by atoms with Crippen molar-refractivity contribution < 1.29 is 31.7 Å². The van der Waals surface area contributed by atoms with Crippen molar-refractivity contribution in [2.75, 3.05) is 0 Å². The summed E-state index contributed by atoms with van der Waals surface area (Å²) in [7, 11) is 0. The van der Waals surface area contributed by atoms with Gasteiger partial charge in [-0.15, -0.1) is 23.8 Å². The summed E-state index contributed by atoms with van der Waals surface area (Å²) in [5.41, 5.74) is 16.6. The average molecular weight is 1180 g/mol. The zero-order valence-corrected chi connectivity index (χ0v) is 45.1. The van der Waals surface area contributed by atoms with Gasteiger partial charge in [-0.3, -0.25) is 9.55 Å². The van der Waals surface area contributed by atoms with E-state index in [2.05, 4.69) is 95.6 Å². The number of phenols is 1. The number of aromatic nitrogens is 3. The second kappa shape index (κ2) is 22.4. The van der Waals surface area contributed by atoms with E-state index >= 15 is 0 Å². The number of para-hydroxylation sites is 1. The number of fused-ring (bicyclic) bond motifs is 1. The normalized spacial score (nSPS) is 14.9. The molecular formula is C72H60N3OPt-. The molecule has 9 aromatic carbocycles. The van der Waals surface area contributed by atoms with E-state index in [-0.39, 0.29) is 38.7 Å². The summed E-state index contributed by atoms with van der Waals surface area (Å²) in [6, 6.07) is 77.4. The van der Waals surface area contributed by atoms with Crippen LogP contribution >= 0.6 is 0 Å². The molecule has 2 saturated carbocycles. The molecule has 4 nitrogen and oxygen atoms in total.